The molecule has 0 radical (unpaired) electrons. The SMILES string of the molecule is COC(=O)C(C)(C)[C@@H]1CC[C@H]2COC(=O)N21. The normalized spacial score (nSPS) is 28.9. The van der Waals surface area contributed by atoms with Crippen LogP contribution in [0.25, 0.3) is 0 Å². The first-order chi connectivity index (χ1) is 7.48. The fraction of sp³-hybridized carbons (Fsp3) is 0.818. The van der Waals surface area contributed by atoms with Gasteiger partial charge in [0.1, 0.15) is 6.61 Å². The van der Waals surface area contributed by atoms with Crippen LogP contribution >= 0.6 is 0 Å². The van der Waals surface area contributed by atoms with Gasteiger partial charge in [-0.25, -0.2) is 4.79 Å². The molecule has 16 heavy (non-hydrogen) atoms. The minimum absolute atomic E-state index is 0.111. The Morgan fingerprint density at radius 3 is 2.81 bits per heavy atom. The minimum Gasteiger partial charge on any atom is -0.469 e. The van der Waals surface area contributed by atoms with E-state index >= 15 is 0 Å². The summed E-state index contributed by atoms with van der Waals surface area (Å²) < 4.78 is 9.79. The number of esters is 1. The average molecular weight is 227 g/mol. The Balaban J connectivity index is 2.21. The monoisotopic (exact) mass is 227 g/mol. The Morgan fingerprint density at radius 2 is 2.19 bits per heavy atom. The molecule has 1 amide bonds. The van der Waals surface area contributed by atoms with Gasteiger partial charge in [0.15, 0.2) is 0 Å². The van der Waals surface area contributed by atoms with Gasteiger partial charge in [-0.1, -0.05) is 0 Å². The number of fused-ring (bicyclic) bond motifs is 1. The second-order valence-electron chi connectivity index (χ2n) is 4.94. The van der Waals surface area contributed by atoms with Crippen LogP contribution in [0.5, 0.6) is 0 Å². The van der Waals surface area contributed by atoms with Gasteiger partial charge in [-0.3, -0.25) is 9.69 Å². The van der Waals surface area contributed by atoms with Gasteiger partial charge in [0.2, 0.25) is 0 Å². The molecule has 5 heteroatoms. The highest BCUT2D eigenvalue weighted by Gasteiger charge is 2.52. The van der Waals surface area contributed by atoms with E-state index in [9.17, 15) is 9.59 Å². The lowest BCUT2D eigenvalue weighted by Crippen LogP contribution is -2.48. The summed E-state index contributed by atoms with van der Waals surface area (Å²) in [5.74, 6) is -0.280. The number of nitrogens with zero attached hydrogens (tertiary/aromatic N) is 1. The summed E-state index contributed by atoms with van der Waals surface area (Å²) in [6, 6.07) is 0.0291. The number of cyclic esters (lactones) is 1. The van der Waals surface area contributed by atoms with Gasteiger partial charge in [0, 0.05) is 0 Å². The van der Waals surface area contributed by atoms with Crippen LogP contribution in [0.3, 0.4) is 0 Å². The van der Waals surface area contributed by atoms with Crippen molar-refractivity contribution in [2.24, 2.45) is 5.41 Å². The van der Waals surface area contributed by atoms with Gasteiger partial charge in [0.05, 0.1) is 24.6 Å². The molecule has 5 nitrogen and oxygen atoms in total. The lowest BCUT2D eigenvalue weighted by atomic mass is 9.83. The molecule has 0 spiro atoms. The van der Waals surface area contributed by atoms with E-state index in [1.165, 1.54) is 7.11 Å². The average Bonchev–Trinajstić information content (AvgIpc) is 2.80. The minimum atomic E-state index is -0.674. The largest absolute Gasteiger partial charge is 0.469 e. The van der Waals surface area contributed by atoms with Crippen LogP contribution in [-0.2, 0) is 14.3 Å². The second kappa shape index (κ2) is 3.64. The molecule has 0 saturated carbocycles. The van der Waals surface area contributed by atoms with Crippen LogP contribution in [0.4, 0.5) is 4.79 Å². The topological polar surface area (TPSA) is 55.8 Å². The first kappa shape index (κ1) is 11.2. The van der Waals surface area contributed by atoms with Crippen LogP contribution in [-0.4, -0.2) is 42.8 Å². The molecule has 0 aliphatic carbocycles. The molecule has 2 heterocycles. The molecule has 0 N–H and O–H groups in total. The van der Waals surface area contributed by atoms with Crippen molar-refractivity contribution in [1.29, 1.82) is 0 Å². The van der Waals surface area contributed by atoms with Crippen molar-refractivity contribution in [3.63, 3.8) is 0 Å². The van der Waals surface area contributed by atoms with E-state index in [2.05, 4.69) is 0 Å². The Bertz CT molecular complexity index is 326. The van der Waals surface area contributed by atoms with E-state index in [0.717, 1.165) is 12.8 Å². The summed E-state index contributed by atoms with van der Waals surface area (Å²) in [7, 11) is 1.37. The van der Waals surface area contributed by atoms with E-state index in [0.29, 0.717) is 6.61 Å². The number of ether oxygens (including phenoxy) is 2. The van der Waals surface area contributed by atoms with Gasteiger partial charge >= 0.3 is 12.1 Å². The first-order valence-electron chi connectivity index (χ1n) is 5.52. The highest BCUT2D eigenvalue weighted by atomic mass is 16.6. The van der Waals surface area contributed by atoms with Crippen LogP contribution in [0, 0.1) is 5.41 Å². The van der Waals surface area contributed by atoms with Gasteiger partial charge in [-0.15, -0.1) is 0 Å². The summed E-state index contributed by atoms with van der Waals surface area (Å²) in [4.78, 5) is 25.0. The molecule has 0 aromatic rings. The summed E-state index contributed by atoms with van der Waals surface area (Å²) in [5.41, 5.74) is -0.674. The quantitative estimate of drug-likeness (QED) is 0.664. The molecule has 2 aliphatic rings. The molecule has 2 saturated heterocycles. The van der Waals surface area contributed by atoms with Crippen LogP contribution in [0.15, 0.2) is 0 Å². The Hall–Kier alpha value is -1.26. The zero-order valence-corrected chi connectivity index (χ0v) is 9.86. The molecule has 0 aromatic heterocycles. The maximum Gasteiger partial charge on any atom is 0.410 e. The number of amides is 1. The maximum atomic E-state index is 11.7. The molecule has 90 valence electrons. The smallest absolute Gasteiger partial charge is 0.410 e. The Morgan fingerprint density at radius 1 is 1.50 bits per heavy atom. The van der Waals surface area contributed by atoms with Crippen molar-refractivity contribution in [2.45, 2.75) is 38.8 Å². The van der Waals surface area contributed by atoms with Gasteiger partial charge in [-0.05, 0) is 26.7 Å². The third-order valence-corrected chi connectivity index (χ3v) is 3.66. The number of carbonyl (C=O) groups excluding carboxylic acids is 2. The van der Waals surface area contributed by atoms with E-state index in [1.54, 1.807) is 4.90 Å². The standard InChI is InChI=1S/C11H17NO4/c1-11(2,9(13)15-3)8-5-4-7-6-16-10(14)12(7)8/h7-8H,4-6H2,1-3H3/t7-,8-/m0/s1. The van der Waals surface area contributed by atoms with Crippen molar-refractivity contribution in [3.05, 3.63) is 0 Å². The summed E-state index contributed by atoms with van der Waals surface area (Å²) in [5, 5.41) is 0. The summed E-state index contributed by atoms with van der Waals surface area (Å²) in [6.07, 6.45) is 1.43. The third-order valence-electron chi connectivity index (χ3n) is 3.66. The zero-order chi connectivity index (χ0) is 11.9. The van der Waals surface area contributed by atoms with Gasteiger partial charge in [-0.2, -0.15) is 0 Å². The molecule has 0 bridgehead atoms. The number of hydrogen-bond donors (Lipinski definition) is 0. The van der Waals surface area contributed by atoms with Crippen LogP contribution < -0.4 is 0 Å². The number of rotatable bonds is 2. The van der Waals surface area contributed by atoms with Gasteiger partial charge < -0.3 is 9.47 Å². The van der Waals surface area contributed by atoms with E-state index in [-0.39, 0.29) is 24.1 Å². The fourth-order valence-corrected chi connectivity index (χ4v) is 2.67. The molecular weight excluding hydrogens is 210 g/mol. The van der Waals surface area contributed by atoms with Crippen molar-refractivity contribution in [1.82, 2.24) is 4.90 Å². The Kier molecular flexibility index (Phi) is 2.56. The molecule has 0 aromatic carbocycles. The summed E-state index contributed by atoms with van der Waals surface area (Å²) >= 11 is 0. The van der Waals surface area contributed by atoms with Crippen molar-refractivity contribution in [3.8, 4) is 0 Å². The molecular formula is C11H17NO4. The lowest BCUT2D eigenvalue weighted by Gasteiger charge is -2.33. The molecule has 2 rings (SSSR count). The van der Waals surface area contributed by atoms with E-state index < -0.39 is 5.41 Å². The zero-order valence-electron chi connectivity index (χ0n) is 9.86. The predicted molar refractivity (Wildman–Crippen MR) is 55.8 cm³/mol. The molecule has 0 unspecified atom stereocenters. The van der Waals surface area contributed by atoms with Crippen molar-refractivity contribution >= 4 is 12.1 Å². The van der Waals surface area contributed by atoms with Crippen molar-refractivity contribution in [2.75, 3.05) is 13.7 Å². The molecule has 2 atom stereocenters. The maximum absolute atomic E-state index is 11.7. The highest BCUT2D eigenvalue weighted by molar-refractivity contribution is 5.79. The third kappa shape index (κ3) is 1.45. The molecule has 2 fully saturated rings. The first-order valence-corrected chi connectivity index (χ1v) is 5.52. The number of carbonyl (C=O) groups is 2. The van der Waals surface area contributed by atoms with Crippen LogP contribution in [0.2, 0.25) is 0 Å². The van der Waals surface area contributed by atoms with Crippen molar-refractivity contribution < 1.29 is 19.1 Å². The highest BCUT2D eigenvalue weighted by Crippen LogP contribution is 2.39. The second-order valence-corrected chi connectivity index (χ2v) is 4.94. The lowest BCUT2D eigenvalue weighted by molar-refractivity contribution is -0.153. The van der Waals surface area contributed by atoms with E-state index in [1.807, 2.05) is 13.8 Å². The van der Waals surface area contributed by atoms with E-state index in [4.69, 9.17) is 9.47 Å². The molecule has 2 aliphatic heterocycles. The summed E-state index contributed by atoms with van der Waals surface area (Å²) in [6.45, 7) is 4.08. The predicted octanol–water partition coefficient (Wildman–Crippen LogP) is 1.17. The number of hydrogen-bond acceptors (Lipinski definition) is 4. The fourth-order valence-electron chi connectivity index (χ4n) is 2.67. The van der Waals surface area contributed by atoms with Crippen LogP contribution in [0.1, 0.15) is 26.7 Å². The van der Waals surface area contributed by atoms with Gasteiger partial charge in [0.25, 0.3) is 0 Å². The number of methoxy groups -OCH3 is 1. The Labute approximate surface area is 94.7 Å².